The number of nitrogens with two attached hydrogens (primary N) is 2. The average molecular weight is 170 g/mol. The van der Waals surface area contributed by atoms with E-state index in [1.54, 1.807) is 0 Å². The van der Waals surface area contributed by atoms with E-state index in [9.17, 15) is 4.79 Å². The van der Waals surface area contributed by atoms with Gasteiger partial charge >= 0.3 is 0 Å². The Kier molecular flexibility index (Phi) is 2.73. The topological polar surface area (TPSA) is 69.1 Å². The molecule has 0 aromatic carbocycles. The lowest BCUT2D eigenvalue weighted by atomic mass is 9.71. The SMILES string of the molecule is CCC1(N)CCCCC1C(N)=O. The van der Waals surface area contributed by atoms with E-state index in [2.05, 4.69) is 0 Å². The molecule has 1 fully saturated rings. The van der Waals surface area contributed by atoms with Crippen molar-refractivity contribution in [1.82, 2.24) is 0 Å². The fourth-order valence-corrected chi connectivity index (χ4v) is 2.11. The summed E-state index contributed by atoms with van der Waals surface area (Å²) in [6.45, 7) is 2.03. The third-order valence-corrected chi connectivity index (χ3v) is 3.08. The van der Waals surface area contributed by atoms with Gasteiger partial charge in [-0.15, -0.1) is 0 Å². The van der Waals surface area contributed by atoms with Crippen LogP contribution < -0.4 is 11.5 Å². The predicted octanol–water partition coefficient (Wildman–Crippen LogP) is 0.769. The van der Waals surface area contributed by atoms with E-state index in [1.807, 2.05) is 6.92 Å². The monoisotopic (exact) mass is 170 g/mol. The van der Waals surface area contributed by atoms with Crippen molar-refractivity contribution in [3.8, 4) is 0 Å². The molecule has 0 spiro atoms. The lowest BCUT2D eigenvalue weighted by Crippen LogP contribution is -2.53. The molecule has 70 valence electrons. The highest BCUT2D eigenvalue weighted by atomic mass is 16.1. The highest BCUT2D eigenvalue weighted by molar-refractivity contribution is 5.78. The fraction of sp³-hybridized carbons (Fsp3) is 0.889. The second-order valence-corrected chi connectivity index (χ2v) is 3.79. The van der Waals surface area contributed by atoms with Gasteiger partial charge in [-0.3, -0.25) is 4.79 Å². The van der Waals surface area contributed by atoms with Crippen LogP contribution >= 0.6 is 0 Å². The zero-order valence-electron chi connectivity index (χ0n) is 7.68. The van der Waals surface area contributed by atoms with Gasteiger partial charge in [0.25, 0.3) is 0 Å². The third kappa shape index (κ3) is 1.61. The van der Waals surface area contributed by atoms with E-state index < -0.39 is 0 Å². The van der Waals surface area contributed by atoms with Crippen molar-refractivity contribution >= 4 is 5.91 Å². The summed E-state index contributed by atoms with van der Waals surface area (Å²) in [4.78, 5) is 11.1. The first-order valence-electron chi connectivity index (χ1n) is 4.68. The summed E-state index contributed by atoms with van der Waals surface area (Å²) in [5.41, 5.74) is 11.1. The van der Waals surface area contributed by atoms with Gasteiger partial charge in [0.2, 0.25) is 5.91 Å². The average Bonchev–Trinajstić information content (AvgIpc) is 2.05. The number of primary amides is 1. The van der Waals surface area contributed by atoms with Gasteiger partial charge in [-0.2, -0.15) is 0 Å². The highest BCUT2D eigenvalue weighted by Gasteiger charge is 2.38. The van der Waals surface area contributed by atoms with Gasteiger partial charge in [0.05, 0.1) is 5.92 Å². The van der Waals surface area contributed by atoms with Crippen LogP contribution in [0.15, 0.2) is 0 Å². The van der Waals surface area contributed by atoms with Gasteiger partial charge in [-0.05, 0) is 19.3 Å². The molecule has 1 aliphatic carbocycles. The Balaban J connectivity index is 2.73. The number of hydrogen-bond donors (Lipinski definition) is 2. The minimum absolute atomic E-state index is 0.101. The van der Waals surface area contributed by atoms with Crippen LogP contribution in [0.5, 0.6) is 0 Å². The second kappa shape index (κ2) is 3.44. The number of hydrogen-bond acceptors (Lipinski definition) is 2. The molecule has 0 bridgehead atoms. The molecule has 3 heteroatoms. The molecule has 12 heavy (non-hydrogen) atoms. The molecule has 2 unspecified atom stereocenters. The molecule has 0 aromatic heterocycles. The summed E-state index contributed by atoms with van der Waals surface area (Å²) in [5.74, 6) is -0.324. The van der Waals surface area contributed by atoms with E-state index in [-0.39, 0.29) is 17.4 Å². The van der Waals surface area contributed by atoms with Crippen LogP contribution in [-0.4, -0.2) is 11.4 Å². The van der Waals surface area contributed by atoms with Crippen molar-refractivity contribution in [2.45, 2.75) is 44.6 Å². The molecule has 0 radical (unpaired) electrons. The largest absolute Gasteiger partial charge is 0.369 e. The molecule has 1 aliphatic rings. The van der Waals surface area contributed by atoms with E-state index >= 15 is 0 Å². The summed E-state index contributed by atoms with van der Waals surface area (Å²) < 4.78 is 0. The highest BCUT2D eigenvalue weighted by Crippen LogP contribution is 2.33. The molecule has 2 atom stereocenters. The molecular formula is C9H18N2O. The summed E-state index contributed by atoms with van der Waals surface area (Å²) >= 11 is 0. The Labute approximate surface area is 73.5 Å². The van der Waals surface area contributed by atoms with Crippen LogP contribution in [0.2, 0.25) is 0 Å². The van der Waals surface area contributed by atoms with Crippen molar-refractivity contribution in [2.75, 3.05) is 0 Å². The van der Waals surface area contributed by atoms with Gasteiger partial charge in [0, 0.05) is 5.54 Å². The van der Waals surface area contributed by atoms with Gasteiger partial charge in [0.1, 0.15) is 0 Å². The Hall–Kier alpha value is -0.570. The number of carbonyl (C=O) groups is 1. The Morgan fingerprint density at radius 2 is 2.25 bits per heavy atom. The van der Waals surface area contributed by atoms with Crippen molar-refractivity contribution < 1.29 is 4.79 Å². The maximum absolute atomic E-state index is 11.1. The molecule has 0 aromatic rings. The van der Waals surface area contributed by atoms with E-state index in [1.165, 1.54) is 0 Å². The molecule has 1 saturated carbocycles. The maximum atomic E-state index is 11.1. The molecule has 1 rings (SSSR count). The number of rotatable bonds is 2. The van der Waals surface area contributed by atoms with Crippen LogP contribution in [0.3, 0.4) is 0 Å². The molecular weight excluding hydrogens is 152 g/mol. The van der Waals surface area contributed by atoms with E-state index in [4.69, 9.17) is 11.5 Å². The van der Waals surface area contributed by atoms with Crippen LogP contribution in [0.4, 0.5) is 0 Å². The first-order valence-corrected chi connectivity index (χ1v) is 4.68. The Morgan fingerprint density at radius 1 is 1.58 bits per heavy atom. The quantitative estimate of drug-likeness (QED) is 0.642. The molecule has 3 nitrogen and oxygen atoms in total. The lowest BCUT2D eigenvalue weighted by Gasteiger charge is -2.38. The Morgan fingerprint density at radius 3 is 2.67 bits per heavy atom. The summed E-state index contributed by atoms with van der Waals surface area (Å²) in [7, 11) is 0. The smallest absolute Gasteiger partial charge is 0.222 e. The van der Waals surface area contributed by atoms with E-state index in [0.29, 0.717) is 0 Å². The predicted molar refractivity (Wildman–Crippen MR) is 48.4 cm³/mol. The summed E-state index contributed by atoms with van der Waals surface area (Å²) in [6.07, 6.45) is 4.89. The first-order chi connectivity index (χ1) is 5.60. The van der Waals surface area contributed by atoms with Crippen LogP contribution in [0.25, 0.3) is 0 Å². The zero-order chi connectivity index (χ0) is 9.19. The molecule has 0 heterocycles. The minimum Gasteiger partial charge on any atom is -0.369 e. The molecule has 4 N–H and O–H groups in total. The standard InChI is InChI=1S/C9H18N2O/c1-2-9(11)6-4-3-5-7(9)8(10)12/h7H,2-6,11H2,1H3,(H2,10,12). The van der Waals surface area contributed by atoms with Crippen molar-refractivity contribution in [3.05, 3.63) is 0 Å². The van der Waals surface area contributed by atoms with Crippen molar-refractivity contribution in [1.29, 1.82) is 0 Å². The van der Waals surface area contributed by atoms with Crippen LogP contribution in [0, 0.1) is 5.92 Å². The minimum atomic E-state index is -0.315. The molecule has 1 amide bonds. The normalized spacial score (nSPS) is 36.3. The number of carbonyl (C=O) groups excluding carboxylic acids is 1. The van der Waals surface area contributed by atoms with Gasteiger partial charge in [0.15, 0.2) is 0 Å². The fourth-order valence-electron chi connectivity index (χ4n) is 2.11. The number of amides is 1. The second-order valence-electron chi connectivity index (χ2n) is 3.79. The lowest BCUT2D eigenvalue weighted by molar-refractivity contribution is -0.125. The van der Waals surface area contributed by atoms with Crippen LogP contribution in [0.1, 0.15) is 39.0 Å². The van der Waals surface area contributed by atoms with Gasteiger partial charge in [-0.1, -0.05) is 19.8 Å². The van der Waals surface area contributed by atoms with Crippen LogP contribution in [-0.2, 0) is 4.79 Å². The summed E-state index contributed by atoms with van der Waals surface area (Å²) in [5, 5.41) is 0. The third-order valence-electron chi connectivity index (χ3n) is 3.08. The van der Waals surface area contributed by atoms with E-state index in [0.717, 1.165) is 32.1 Å². The molecule has 0 aliphatic heterocycles. The Bertz CT molecular complexity index is 181. The maximum Gasteiger partial charge on any atom is 0.222 e. The summed E-state index contributed by atoms with van der Waals surface area (Å²) in [6, 6.07) is 0. The van der Waals surface area contributed by atoms with Crippen molar-refractivity contribution in [2.24, 2.45) is 17.4 Å². The zero-order valence-corrected chi connectivity index (χ0v) is 7.68. The molecule has 0 saturated heterocycles. The van der Waals surface area contributed by atoms with Crippen molar-refractivity contribution in [3.63, 3.8) is 0 Å². The first kappa shape index (κ1) is 9.52. The van der Waals surface area contributed by atoms with Gasteiger partial charge in [-0.25, -0.2) is 0 Å². The van der Waals surface area contributed by atoms with Gasteiger partial charge < -0.3 is 11.5 Å².